The van der Waals surface area contributed by atoms with Gasteiger partial charge >= 0.3 is 0 Å². The molecule has 0 spiro atoms. The first kappa shape index (κ1) is 15.5. The minimum atomic E-state index is 0.293. The predicted octanol–water partition coefficient (Wildman–Crippen LogP) is 2.74. The highest BCUT2D eigenvalue weighted by Gasteiger charge is 2.35. The molecule has 1 aliphatic carbocycles. The Kier molecular flexibility index (Phi) is 5.58. The summed E-state index contributed by atoms with van der Waals surface area (Å²) in [6, 6.07) is 9.66. The number of nitrogens with two attached hydrogens (primary N) is 1. The highest BCUT2D eigenvalue weighted by molar-refractivity contribution is 5.24. The molecule has 1 saturated carbocycles. The van der Waals surface area contributed by atoms with Crippen LogP contribution in [0.25, 0.3) is 0 Å². The van der Waals surface area contributed by atoms with Gasteiger partial charge in [0.15, 0.2) is 0 Å². The van der Waals surface area contributed by atoms with Crippen LogP contribution in [0.2, 0.25) is 0 Å². The second-order valence-electron chi connectivity index (χ2n) is 5.97. The molecule has 0 aliphatic heterocycles. The summed E-state index contributed by atoms with van der Waals surface area (Å²) < 4.78 is 5.29. The van der Waals surface area contributed by atoms with Crippen LogP contribution in [0.3, 0.4) is 0 Å². The molecular weight excluding hydrogens is 248 g/mol. The predicted molar refractivity (Wildman–Crippen MR) is 83.7 cm³/mol. The first-order valence-electron chi connectivity index (χ1n) is 7.68. The van der Waals surface area contributed by atoms with Gasteiger partial charge in [-0.05, 0) is 38.2 Å². The standard InChI is InChI=1S/C17H28N2O/c1-13-4-6-16(7-5-13)17(12-18)19(10-11-20-3)14(2)15-8-9-15/h4-7,14-15,17H,8-12,18H2,1-3H3. The fraction of sp³-hybridized carbons (Fsp3) is 0.647. The zero-order valence-corrected chi connectivity index (χ0v) is 13.0. The Balaban J connectivity index is 2.16. The molecule has 2 atom stereocenters. The van der Waals surface area contributed by atoms with Gasteiger partial charge in [0.25, 0.3) is 0 Å². The largest absolute Gasteiger partial charge is 0.383 e. The zero-order valence-electron chi connectivity index (χ0n) is 13.0. The summed E-state index contributed by atoms with van der Waals surface area (Å²) in [6.45, 7) is 6.83. The Bertz CT molecular complexity index is 400. The SMILES string of the molecule is COCCN(C(CN)c1ccc(C)cc1)C(C)C1CC1. The lowest BCUT2D eigenvalue weighted by Crippen LogP contribution is -2.43. The lowest BCUT2D eigenvalue weighted by Gasteiger charge is -2.36. The third-order valence-corrected chi connectivity index (χ3v) is 4.47. The number of hydrogen-bond donors (Lipinski definition) is 1. The van der Waals surface area contributed by atoms with E-state index in [4.69, 9.17) is 10.5 Å². The van der Waals surface area contributed by atoms with Gasteiger partial charge in [-0.15, -0.1) is 0 Å². The topological polar surface area (TPSA) is 38.5 Å². The van der Waals surface area contributed by atoms with Crippen LogP contribution in [0.15, 0.2) is 24.3 Å². The minimum Gasteiger partial charge on any atom is -0.383 e. The number of methoxy groups -OCH3 is 1. The van der Waals surface area contributed by atoms with Crippen molar-refractivity contribution >= 4 is 0 Å². The number of rotatable bonds is 8. The van der Waals surface area contributed by atoms with Gasteiger partial charge in [0.2, 0.25) is 0 Å². The van der Waals surface area contributed by atoms with Crippen molar-refractivity contribution in [1.29, 1.82) is 0 Å². The van der Waals surface area contributed by atoms with E-state index in [1.807, 2.05) is 0 Å². The van der Waals surface area contributed by atoms with Crippen molar-refractivity contribution in [3.8, 4) is 0 Å². The molecule has 1 aromatic carbocycles. The smallest absolute Gasteiger partial charge is 0.0590 e. The van der Waals surface area contributed by atoms with E-state index in [1.54, 1.807) is 7.11 Å². The van der Waals surface area contributed by atoms with Gasteiger partial charge in [-0.2, -0.15) is 0 Å². The number of ether oxygens (including phenoxy) is 1. The molecule has 0 amide bonds. The van der Waals surface area contributed by atoms with Crippen LogP contribution in [0.4, 0.5) is 0 Å². The molecule has 112 valence electrons. The van der Waals surface area contributed by atoms with E-state index in [-0.39, 0.29) is 0 Å². The monoisotopic (exact) mass is 276 g/mol. The average Bonchev–Trinajstić information content (AvgIpc) is 3.29. The molecule has 2 unspecified atom stereocenters. The van der Waals surface area contributed by atoms with Crippen molar-refractivity contribution in [3.05, 3.63) is 35.4 Å². The number of nitrogens with zero attached hydrogens (tertiary/aromatic N) is 1. The zero-order chi connectivity index (χ0) is 14.5. The first-order chi connectivity index (χ1) is 9.67. The summed E-state index contributed by atoms with van der Waals surface area (Å²) in [4.78, 5) is 2.53. The molecule has 1 aromatic rings. The Labute approximate surface area is 123 Å². The Morgan fingerprint density at radius 1 is 1.30 bits per heavy atom. The van der Waals surface area contributed by atoms with Crippen LogP contribution < -0.4 is 5.73 Å². The van der Waals surface area contributed by atoms with Gasteiger partial charge in [-0.3, -0.25) is 4.90 Å². The van der Waals surface area contributed by atoms with Gasteiger partial charge in [0, 0.05) is 32.3 Å². The number of aryl methyl sites for hydroxylation is 1. The normalized spacial score (nSPS) is 18.2. The van der Waals surface area contributed by atoms with Crippen LogP contribution >= 0.6 is 0 Å². The highest BCUT2D eigenvalue weighted by Crippen LogP contribution is 2.37. The fourth-order valence-corrected chi connectivity index (χ4v) is 2.94. The maximum absolute atomic E-state index is 6.09. The molecule has 0 saturated heterocycles. The Morgan fingerprint density at radius 2 is 1.95 bits per heavy atom. The van der Waals surface area contributed by atoms with Gasteiger partial charge in [0.1, 0.15) is 0 Å². The van der Waals surface area contributed by atoms with Crippen LogP contribution in [-0.4, -0.2) is 37.7 Å². The van der Waals surface area contributed by atoms with E-state index in [2.05, 4.69) is 43.0 Å². The molecule has 0 bridgehead atoms. The summed E-state index contributed by atoms with van der Waals surface area (Å²) in [5.41, 5.74) is 8.71. The van der Waals surface area contributed by atoms with Crippen LogP contribution in [0.1, 0.15) is 36.9 Å². The van der Waals surface area contributed by atoms with Crippen LogP contribution in [0.5, 0.6) is 0 Å². The summed E-state index contributed by atoms with van der Waals surface area (Å²) in [7, 11) is 1.77. The second-order valence-corrected chi connectivity index (χ2v) is 5.97. The fourth-order valence-electron chi connectivity index (χ4n) is 2.94. The van der Waals surface area contributed by atoms with E-state index >= 15 is 0 Å². The Hall–Kier alpha value is -0.900. The number of benzene rings is 1. The molecule has 2 rings (SSSR count). The van der Waals surface area contributed by atoms with Crippen LogP contribution in [-0.2, 0) is 4.74 Å². The molecule has 1 aliphatic rings. The van der Waals surface area contributed by atoms with E-state index in [9.17, 15) is 0 Å². The maximum Gasteiger partial charge on any atom is 0.0590 e. The molecule has 3 nitrogen and oxygen atoms in total. The van der Waals surface area contributed by atoms with Crippen molar-refractivity contribution in [2.75, 3.05) is 26.8 Å². The summed E-state index contributed by atoms with van der Waals surface area (Å²) in [5.74, 6) is 0.839. The van der Waals surface area contributed by atoms with Gasteiger partial charge in [-0.1, -0.05) is 29.8 Å². The molecule has 0 aromatic heterocycles. The van der Waals surface area contributed by atoms with Crippen molar-refractivity contribution < 1.29 is 4.74 Å². The van der Waals surface area contributed by atoms with E-state index < -0.39 is 0 Å². The summed E-state index contributed by atoms with van der Waals surface area (Å²) >= 11 is 0. The molecule has 1 fully saturated rings. The van der Waals surface area contributed by atoms with E-state index in [1.165, 1.54) is 24.0 Å². The van der Waals surface area contributed by atoms with Crippen molar-refractivity contribution in [2.24, 2.45) is 11.7 Å². The van der Waals surface area contributed by atoms with E-state index in [0.29, 0.717) is 18.6 Å². The second kappa shape index (κ2) is 7.21. The quantitative estimate of drug-likeness (QED) is 0.793. The van der Waals surface area contributed by atoms with Crippen molar-refractivity contribution in [1.82, 2.24) is 4.90 Å². The number of hydrogen-bond acceptors (Lipinski definition) is 3. The summed E-state index contributed by atoms with van der Waals surface area (Å²) in [5, 5.41) is 0. The maximum atomic E-state index is 6.09. The molecular formula is C17H28N2O. The molecule has 0 radical (unpaired) electrons. The van der Waals surface area contributed by atoms with Gasteiger partial charge < -0.3 is 10.5 Å². The lowest BCUT2D eigenvalue weighted by atomic mass is 10.0. The highest BCUT2D eigenvalue weighted by atomic mass is 16.5. The van der Waals surface area contributed by atoms with Crippen molar-refractivity contribution in [2.45, 2.75) is 38.8 Å². The third kappa shape index (κ3) is 3.81. The molecule has 2 N–H and O–H groups in total. The van der Waals surface area contributed by atoms with E-state index in [0.717, 1.165) is 19.1 Å². The summed E-state index contributed by atoms with van der Waals surface area (Å²) in [6.07, 6.45) is 2.71. The third-order valence-electron chi connectivity index (χ3n) is 4.47. The first-order valence-corrected chi connectivity index (χ1v) is 7.68. The Morgan fingerprint density at radius 3 is 2.45 bits per heavy atom. The molecule has 0 heterocycles. The average molecular weight is 276 g/mol. The lowest BCUT2D eigenvalue weighted by molar-refractivity contribution is 0.0835. The molecule has 20 heavy (non-hydrogen) atoms. The van der Waals surface area contributed by atoms with Gasteiger partial charge in [-0.25, -0.2) is 0 Å². The molecule has 3 heteroatoms. The van der Waals surface area contributed by atoms with Crippen molar-refractivity contribution in [3.63, 3.8) is 0 Å². The van der Waals surface area contributed by atoms with Crippen LogP contribution in [0, 0.1) is 12.8 Å². The minimum absolute atomic E-state index is 0.293. The van der Waals surface area contributed by atoms with Gasteiger partial charge in [0.05, 0.1) is 6.61 Å².